The summed E-state index contributed by atoms with van der Waals surface area (Å²) in [6, 6.07) is 0. The van der Waals surface area contributed by atoms with Crippen LogP contribution >= 0.6 is 27.5 Å². The lowest BCUT2D eigenvalue weighted by molar-refractivity contribution is 0.415. The fourth-order valence-corrected chi connectivity index (χ4v) is 1.16. The van der Waals surface area contributed by atoms with Gasteiger partial charge in [-0.3, -0.25) is 0 Å². The number of halogens is 2. The third-order valence-electron chi connectivity index (χ3n) is 0.673. The Morgan fingerprint density at radius 2 is 2.33 bits per heavy atom. The maximum absolute atomic E-state index is 5.40. The van der Waals surface area contributed by atoms with Crippen molar-refractivity contribution < 1.29 is 4.74 Å². The van der Waals surface area contributed by atoms with Crippen LogP contribution in [-0.2, 0) is 4.74 Å². The van der Waals surface area contributed by atoms with Gasteiger partial charge in [-0.25, -0.2) is 0 Å². The van der Waals surface area contributed by atoms with E-state index in [2.05, 4.69) is 15.9 Å². The van der Waals surface area contributed by atoms with Crippen molar-refractivity contribution in [1.82, 2.24) is 0 Å². The van der Waals surface area contributed by atoms with Crippen LogP contribution in [0.4, 0.5) is 0 Å². The first kappa shape index (κ1) is 4.88. The second-order valence-electron chi connectivity index (χ2n) is 1.18. The predicted octanol–water partition coefficient (Wildman–Crippen LogP) is 1.34. The van der Waals surface area contributed by atoms with Crippen LogP contribution < -0.4 is 0 Å². The van der Waals surface area contributed by atoms with E-state index >= 15 is 0 Å². The number of ether oxygens (including phenoxy) is 1. The molecule has 0 amide bonds. The molecule has 0 aliphatic carbocycles. The molecule has 0 bridgehead atoms. The zero-order valence-electron chi connectivity index (χ0n) is 3.03. The summed E-state index contributed by atoms with van der Waals surface area (Å²) in [6.07, 6.45) is 0.284. The van der Waals surface area contributed by atoms with Crippen LogP contribution in [0.5, 0.6) is 0 Å². The molecular weight excluding hydrogens is 167 g/mol. The molecule has 0 aromatic heterocycles. The number of hydrogen-bond acceptors (Lipinski definition) is 1. The first-order valence-corrected chi connectivity index (χ1v) is 3.26. The van der Waals surface area contributed by atoms with Crippen molar-refractivity contribution in [2.45, 2.75) is 11.7 Å². The van der Waals surface area contributed by atoms with Gasteiger partial charge in [-0.1, -0.05) is 27.5 Å². The van der Waals surface area contributed by atoms with Crippen LogP contribution in [-0.4, -0.2) is 17.0 Å². The fraction of sp³-hybridized carbons (Fsp3) is 1.00. The molecule has 1 fully saturated rings. The zero-order valence-corrected chi connectivity index (χ0v) is 5.37. The van der Waals surface area contributed by atoms with Crippen molar-refractivity contribution >= 4 is 27.5 Å². The normalized spacial score (nSPS) is 43.0. The summed E-state index contributed by atoms with van der Waals surface area (Å²) in [6.45, 7) is 0. The maximum Gasteiger partial charge on any atom is 0.158 e. The SMILES string of the molecule is ClC1OC1CBr. The number of epoxide rings is 1. The first-order chi connectivity index (χ1) is 2.84. The van der Waals surface area contributed by atoms with E-state index in [1.54, 1.807) is 0 Å². The van der Waals surface area contributed by atoms with E-state index in [1.165, 1.54) is 0 Å². The van der Waals surface area contributed by atoms with E-state index in [1.807, 2.05) is 0 Å². The Hall–Kier alpha value is 0.730. The minimum absolute atomic E-state index is 0.00984. The molecule has 1 saturated heterocycles. The van der Waals surface area contributed by atoms with E-state index in [0.29, 0.717) is 0 Å². The standard InChI is InChI=1S/C3H4BrClO/c4-1-2-3(5)6-2/h2-3H,1H2. The predicted molar refractivity (Wildman–Crippen MR) is 28.3 cm³/mol. The Morgan fingerprint density at radius 3 is 2.33 bits per heavy atom. The van der Waals surface area contributed by atoms with Gasteiger partial charge in [0.2, 0.25) is 0 Å². The molecule has 1 heterocycles. The Balaban J connectivity index is 2.09. The van der Waals surface area contributed by atoms with Gasteiger partial charge in [0.1, 0.15) is 6.10 Å². The average molecular weight is 171 g/mol. The van der Waals surface area contributed by atoms with Gasteiger partial charge in [-0.15, -0.1) is 0 Å². The van der Waals surface area contributed by atoms with Gasteiger partial charge < -0.3 is 4.74 Å². The Labute approximate surface area is 49.7 Å². The molecule has 0 radical (unpaired) electrons. The summed E-state index contributed by atoms with van der Waals surface area (Å²) in [5.74, 6) is 0. The van der Waals surface area contributed by atoms with Gasteiger partial charge in [-0.05, 0) is 0 Å². The first-order valence-electron chi connectivity index (χ1n) is 1.70. The highest BCUT2D eigenvalue weighted by Crippen LogP contribution is 2.26. The molecule has 36 valence electrons. The third kappa shape index (κ3) is 0.863. The van der Waals surface area contributed by atoms with Crippen molar-refractivity contribution in [3.63, 3.8) is 0 Å². The molecule has 0 spiro atoms. The molecule has 0 aromatic rings. The van der Waals surface area contributed by atoms with Crippen molar-refractivity contribution in [3.8, 4) is 0 Å². The summed E-state index contributed by atoms with van der Waals surface area (Å²) in [5, 5.41) is 0.862. The van der Waals surface area contributed by atoms with Gasteiger partial charge in [-0.2, -0.15) is 0 Å². The van der Waals surface area contributed by atoms with E-state index in [9.17, 15) is 0 Å². The van der Waals surface area contributed by atoms with Crippen LogP contribution in [0, 0.1) is 0 Å². The summed E-state index contributed by atoms with van der Waals surface area (Å²) in [4.78, 5) is 0. The van der Waals surface area contributed by atoms with E-state index in [-0.39, 0.29) is 11.7 Å². The van der Waals surface area contributed by atoms with Crippen molar-refractivity contribution in [2.24, 2.45) is 0 Å². The Kier molecular flexibility index (Phi) is 1.37. The summed E-state index contributed by atoms with van der Waals surface area (Å²) in [7, 11) is 0. The maximum atomic E-state index is 5.40. The topological polar surface area (TPSA) is 12.5 Å². The Bertz CT molecular complexity index is 56.8. The monoisotopic (exact) mass is 170 g/mol. The largest absolute Gasteiger partial charge is 0.352 e. The lowest BCUT2D eigenvalue weighted by atomic mass is 10.6. The second kappa shape index (κ2) is 1.68. The van der Waals surface area contributed by atoms with Gasteiger partial charge in [0.15, 0.2) is 5.56 Å². The molecule has 0 saturated carbocycles. The van der Waals surface area contributed by atoms with Crippen LogP contribution in [0.1, 0.15) is 0 Å². The molecule has 0 N–H and O–H groups in total. The number of alkyl halides is 2. The molecule has 2 atom stereocenters. The molecule has 2 unspecified atom stereocenters. The van der Waals surface area contributed by atoms with Gasteiger partial charge in [0.25, 0.3) is 0 Å². The van der Waals surface area contributed by atoms with Crippen LogP contribution in [0.3, 0.4) is 0 Å². The summed E-state index contributed by atoms with van der Waals surface area (Å²) < 4.78 is 4.78. The van der Waals surface area contributed by atoms with Gasteiger partial charge in [0.05, 0.1) is 0 Å². The lowest BCUT2D eigenvalue weighted by Gasteiger charge is -1.69. The number of hydrogen-bond donors (Lipinski definition) is 0. The van der Waals surface area contributed by atoms with Crippen molar-refractivity contribution in [1.29, 1.82) is 0 Å². The van der Waals surface area contributed by atoms with E-state index in [0.717, 1.165) is 5.33 Å². The van der Waals surface area contributed by atoms with Crippen molar-refractivity contribution in [3.05, 3.63) is 0 Å². The highest BCUT2D eigenvalue weighted by Gasteiger charge is 2.35. The van der Waals surface area contributed by atoms with Gasteiger partial charge >= 0.3 is 0 Å². The van der Waals surface area contributed by atoms with Crippen LogP contribution in [0.25, 0.3) is 0 Å². The van der Waals surface area contributed by atoms with Crippen LogP contribution in [0.15, 0.2) is 0 Å². The fourth-order valence-electron chi connectivity index (χ4n) is 0.228. The van der Waals surface area contributed by atoms with Crippen LogP contribution in [0.2, 0.25) is 0 Å². The molecule has 1 rings (SSSR count). The molecule has 1 aliphatic heterocycles. The molecule has 3 heteroatoms. The summed E-state index contributed by atoms with van der Waals surface area (Å²) in [5.41, 5.74) is -0.00984. The highest BCUT2D eigenvalue weighted by atomic mass is 79.9. The molecule has 1 nitrogen and oxygen atoms in total. The highest BCUT2D eigenvalue weighted by molar-refractivity contribution is 9.09. The van der Waals surface area contributed by atoms with Crippen molar-refractivity contribution in [2.75, 3.05) is 5.33 Å². The quantitative estimate of drug-likeness (QED) is 0.428. The second-order valence-corrected chi connectivity index (χ2v) is 2.26. The molecule has 1 aliphatic rings. The molecule has 0 aromatic carbocycles. The van der Waals surface area contributed by atoms with Gasteiger partial charge in [0, 0.05) is 5.33 Å². The zero-order chi connectivity index (χ0) is 4.57. The smallest absolute Gasteiger partial charge is 0.158 e. The molecular formula is C3H4BrClO. The summed E-state index contributed by atoms with van der Waals surface area (Å²) >= 11 is 8.61. The average Bonchev–Trinajstić information content (AvgIpc) is 2.19. The third-order valence-corrected chi connectivity index (χ3v) is 1.69. The lowest BCUT2D eigenvalue weighted by Crippen LogP contribution is -1.84. The van der Waals surface area contributed by atoms with E-state index < -0.39 is 0 Å². The minimum atomic E-state index is -0.00984. The Morgan fingerprint density at radius 1 is 1.83 bits per heavy atom. The minimum Gasteiger partial charge on any atom is -0.352 e. The van der Waals surface area contributed by atoms with E-state index in [4.69, 9.17) is 16.3 Å². The molecule has 6 heavy (non-hydrogen) atoms. The number of rotatable bonds is 1.